The summed E-state index contributed by atoms with van der Waals surface area (Å²) in [6, 6.07) is 10.4. The predicted octanol–water partition coefficient (Wildman–Crippen LogP) is 6.20. The van der Waals surface area contributed by atoms with E-state index >= 15 is 0 Å². The van der Waals surface area contributed by atoms with Crippen LogP contribution in [0, 0.1) is 11.8 Å². The van der Waals surface area contributed by atoms with Crippen LogP contribution in [0.15, 0.2) is 65.7 Å². The molecular formula is C22H32FN. The molecule has 0 fully saturated rings. The summed E-state index contributed by atoms with van der Waals surface area (Å²) < 4.78 is 14.6. The normalized spacial score (nSPS) is 13.1. The second kappa shape index (κ2) is 9.46. The molecule has 0 aliphatic heterocycles. The van der Waals surface area contributed by atoms with Gasteiger partial charge < -0.3 is 5.32 Å². The topological polar surface area (TPSA) is 12.0 Å². The smallest absolute Gasteiger partial charge is 0.145 e. The molecule has 0 spiro atoms. The lowest BCUT2D eigenvalue weighted by molar-refractivity contribution is 0.421. The zero-order valence-electron chi connectivity index (χ0n) is 16.0. The van der Waals surface area contributed by atoms with Crippen LogP contribution in [0.5, 0.6) is 0 Å². The lowest BCUT2D eigenvalue weighted by atomic mass is 9.95. The molecule has 0 heterocycles. The van der Waals surface area contributed by atoms with Gasteiger partial charge in [-0.1, -0.05) is 70.2 Å². The maximum absolute atomic E-state index is 14.6. The highest BCUT2D eigenvalue weighted by molar-refractivity contribution is 5.34. The Morgan fingerprint density at radius 1 is 1.12 bits per heavy atom. The lowest BCUT2D eigenvalue weighted by Gasteiger charge is -2.24. The summed E-state index contributed by atoms with van der Waals surface area (Å²) >= 11 is 0. The van der Waals surface area contributed by atoms with Crippen LogP contribution in [0.2, 0.25) is 0 Å². The van der Waals surface area contributed by atoms with E-state index in [0.29, 0.717) is 17.5 Å². The van der Waals surface area contributed by atoms with Gasteiger partial charge in [0.05, 0.1) is 5.70 Å². The first-order chi connectivity index (χ1) is 11.2. The fourth-order valence-electron chi connectivity index (χ4n) is 2.73. The third-order valence-corrected chi connectivity index (χ3v) is 4.23. The number of rotatable bonds is 8. The molecule has 1 rings (SSSR count). The highest BCUT2D eigenvalue weighted by Gasteiger charge is 2.16. The maximum atomic E-state index is 14.6. The monoisotopic (exact) mass is 329 g/mol. The van der Waals surface area contributed by atoms with Gasteiger partial charge in [0.15, 0.2) is 0 Å². The molecule has 0 saturated heterocycles. The highest BCUT2D eigenvalue weighted by Crippen LogP contribution is 2.21. The molecular weight excluding hydrogens is 297 g/mol. The summed E-state index contributed by atoms with van der Waals surface area (Å²) in [7, 11) is 0. The molecule has 1 unspecified atom stereocenters. The molecule has 0 saturated carbocycles. The van der Waals surface area contributed by atoms with Gasteiger partial charge in [0.25, 0.3) is 0 Å². The minimum atomic E-state index is -0.279. The molecule has 1 atom stereocenters. The standard InChI is InChI=1S/C22H32FN/c1-15(2)20(16(3)4)14-21(23)18(7)24-22(17(5)6)13-19-11-9-8-10-12-19/h8-12,14-15,17,22,24H,7,13H2,1-6H3/b21-14+. The average Bonchev–Trinajstić information content (AvgIpc) is 2.51. The fraction of sp³-hybridized carbons (Fsp3) is 0.455. The molecule has 1 aromatic carbocycles. The van der Waals surface area contributed by atoms with Crippen molar-refractivity contribution in [1.82, 2.24) is 5.32 Å². The van der Waals surface area contributed by atoms with Gasteiger partial charge in [-0.3, -0.25) is 0 Å². The van der Waals surface area contributed by atoms with Gasteiger partial charge in [0.1, 0.15) is 5.83 Å². The molecule has 0 aliphatic rings. The summed E-state index contributed by atoms with van der Waals surface area (Å²) in [5.41, 5.74) is 3.77. The largest absolute Gasteiger partial charge is 0.380 e. The molecule has 0 amide bonds. The first kappa shape index (κ1) is 20.2. The van der Waals surface area contributed by atoms with Crippen molar-refractivity contribution < 1.29 is 4.39 Å². The van der Waals surface area contributed by atoms with Crippen molar-refractivity contribution >= 4 is 0 Å². The van der Waals surface area contributed by atoms with Gasteiger partial charge in [-0.25, -0.2) is 4.39 Å². The van der Waals surface area contributed by atoms with E-state index in [0.717, 1.165) is 17.6 Å². The molecule has 0 aliphatic carbocycles. The van der Waals surface area contributed by atoms with Crippen LogP contribution < -0.4 is 5.32 Å². The van der Waals surface area contributed by atoms with Crippen LogP contribution in [0.4, 0.5) is 4.39 Å². The summed E-state index contributed by atoms with van der Waals surface area (Å²) in [6.45, 7) is 16.4. The Morgan fingerprint density at radius 2 is 1.71 bits per heavy atom. The van der Waals surface area contributed by atoms with E-state index in [1.165, 1.54) is 5.56 Å². The van der Waals surface area contributed by atoms with Gasteiger partial charge in [-0.05, 0) is 49.3 Å². The van der Waals surface area contributed by atoms with Crippen LogP contribution in [-0.4, -0.2) is 6.04 Å². The van der Waals surface area contributed by atoms with Crippen LogP contribution in [0.3, 0.4) is 0 Å². The molecule has 24 heavy (non-hydrogen) atoms. The molecule has 0 bridgehead atoms. The minimum Gasteiger partial charge on any atom is -0.380 e. The second-order valence-electron chi connectivity index (χ2n) is 7.27. The summed E-state index contributed by atoms with van der Waals surface area (Å²) in [6.07, 6.45) is 2.47. The molecule has 1 nitrogen and oxygen atoms in total. The van der Waals surface area contributed by atoms with E-state index in [1.54, 1.807) is 6.08 Å². The van der Waals surface area contributed by atoms with Crippen molar-refractivity contribution in [2.24, 2.45) is 11.8 Å². The number of halogens is 1. The van der Waals surface area contributed by atoms with Gasteiger partial charge in [-0.2, -0.15) is 0 Å². The van der Waals surface area contributed by atoms with E-state index in [4.69, 9.17) is 0 Å². The first-order valence-electron chi connectivity index (χ1n) is 8.76. The molecule has 2 heteroatoms. The number of hydrogen-bond donors (Lipinski definition) is 1. The van der Waals surface area contributed by atoms with Crippen LogP contribution >= 0.6 is 0 Å². The second-order valence-corrected chi connectivity index (χ2v) is 7.27. The Labute approximate surface area is 147 Å². The lowest BCUT2D eigenvalue weighted by Crippen LogP contribution is -2.35. The van der Waals surface area contributed by atoms with Gasteiger partial charge >= 0.3 is 0 Å². The Hall–Kier alpha value is -1.83. The Balaban J connectivity index is 2.87. The molecule has 1 N–H and O–H groups in total. The molecule has 1 aromatic rings. The Morgan fingerprint density at radius 3 is 2.17 bits per heavy atom. The van der Waals surface area contributed by atoms with Crippen molar-refractivity contribution in [2.45, 2.75) is 54.0 Å². The van der Waals surface area contributed by atoms with Crippen molar-refractivity contribution in [3.05, 3.63) is 71.2 Å². The van der Waals surface area contributed by atoms with Crippen LogP contribution in [0.1, 0.15) is 47.1 Å². The van der Waals surface area contributed by atoms with Crippen molar-refractivity contribution in [1.29, 1.82) is 0 Å². The zero-order valence-corrected chi connectivity index (χ0v) is 16.0. The quantitative estimate of drug-likeness (QED) is 0.560. The van der Waals surface area contributed by atoms with Crippen molar-refractivity contribution in [3.63, 3.8) is 0 Å². The Bertz CT molecular complexity index is 590. The van der Waals surface area contributed by atoms with Gasteiger partial charge in [0.2, 0.25) is 0 Å². The molecule has 132 valence electrons. The van der Waals surface area contributed by atoms with Gasteiger partial charge in [-0.15, -0.1) is 0 Å². The zero-order chi connectivity index (χ0) is 18.3. The van der Waals surface area contributed by atoms with Crippen LogP contribution in [-0.2, 0) is 6.42 Å². The van der Waals surface area contributed by atoms with Crippen molar-refractivity contribution in [3.8, 4) is 0 Å². The number of nitrogens with one attached hydrogen (secondary N) is 1. The highest BCUT2D eigenvalue weighted by atomic mass is 19.1. The third-order valence-electron chi connectivity index (χ3n) is 4.23. The fourth-order valence-corrected chi connectivity index (χ4v) is 2.73. The minimum absolute atomic E-state index is 0.147. The molecule has 0 radical (unpaired) electrons. The summed E-state index contributed by atoms with van der Waals surface area (Å²) in [5, 5.41) is 3.29. The maximum Gasteiger partial charge on any atom is 0.145 e. The van der Waals surface area contributed by atoms with E-state index in [9.17, 15) is 4.39 Å². The van der Waals surface area contributed by atoms with Gasteiger partial charge in [0, 0.05) is 6.04 Å². The summed E-state index contributed by atoms with van der Waals surface area (Å²) in [4.78, 5) is 0. The van der Waals surface area contributed by atoms with Crippen LogP contribution in [0.25, 0.3) is 0 Å². The first-order valence-corrected chi connectivity index (χ1v) is 8.76. The Kier molecular flexibility index (Phi) is 7.97. The number of hydrogen-bond acceptors (Lipinski definition) is 1. The predicted molar refractivity (Wildman–Crippen MR) is 103 cm³/mol. The number of allylic oxidation sites excluding steroid dienone is 4. The summed E-state index contributed by atoms with van der Waals surface area (Å²) in [5.74, 6) is 0.389. The van der Waals surface area contributed by atoms with E-state index in [-0.39, 0.29) is 11.9 Å². The SMILES string of the molecule is C=C(NC(Cc1ccccc1)C(C)C)/C(F)=C\C(=C(C)C)C(C)C. The third kappa shape index (κ3) is 6.35. The van der Waals surface area contributed by atoms with E-state index < -0.39 is 0 Å². The number of benzene rings is 1. The van der Waals surface area contributed by atoms with E-state index in [1.807, 2.05) is 32.0 Å². The van der Waals surface area contributed by atoms with Crippen molar-refractivity contribution in [2.75, 3.05) is 0 Å². The average molecular weight is 330 g/mol. The van der Waals surface area contributed by atoms with E-state index in [2.05, 4.69) is 51.7 Å². The molecule has 0 aromatic heterocycles.